The monoisotopic (exact) mass is 222 g/mol. The zero-order chi connectivity index (χ0) is 11.5. The van der Waals surface area contributed by atoms with Gasteiger partial charge in [-0.1, -0.05) is 5.16 Å². The third-order valence-corrected chi connectivity index (χ3v) is 3.14. The molecule has 0 bridgehead atoms. The van der Waals surface area contributed by atoms with Gasteiger partial charge in [-0.05, 0) is 32.6 Å². The van der Waals surface area contributed by atoms with Crippen LogP contribution in [0.2, 0.25) is 0 Å². The molecule has 0 saturated carbocycles. The van der Waals surface area contributed by atoms with Crippen molar-refractivity contribution in [3.63, 3.8) is 0 Å². The normalized spacial score (nSPS) is 16.2. The van der Waals surface area contributed by atoms with E-state index in [1.54, 1.807) is 0 Å². The summed E-state index contributed by atoms with van der Waals surface area (Å²) >= 11 is 0. The Bertz CT molecular complexity index is 408. The highest BCUT2D eigenvalue weighted by Gasteiger charge is 2.17. The summed E-state index contributed by atoms with van der Waals surface area (Å²) in [5.74, 6) is 1.32. The molecule has 0 spiro atoms. The number of oxime groups is 1. The fraction of sp³-hybridized carbons (Fsp3) is 0.636. The second-order valence-electron chi connectivity index (χ2n) is 4.25. The number of aromatic nitrogens is 2. The lowest BCUT2D eigenvalue weighted by Crippen LogP contribution is -2.17. The van der Waals surface area contributed by atoms with Gasteiger partial charge in [0.05, 0.1) is 5.69 Å². The van der Waals surface area contributed by atoms with Crippen molar-refractivity contribution in [2.45, 2.75) is 45.6 Å². The number of rotatable bonds is 3. The Balaban J connectivity index is 2.17. The Kier molecular flexibility index (Phi) is 3.12. The maximum atomic E-state index is 8.51. The zero-order valence-electron chi connectivity index (χ0n) is 9.61. The summed E-state index contributed by atoms with van der Waals surface area (Å²) in [5, 5.41) is 11.5. The molecule has 5 nitrogen and oxygen atoms in total. The summed E-state index contributed by atoms with van der Waals surface area (Å²) in [7, 11) is 0. The van der Waals surface area contributed by atoms with Gasteiger partial charge in [-0.3, -0.25) is 0 Å². The van der Waals surface area contributed by atoms with Crippen LogP contribution < -0.4 is 5.73 Å². The first-order chi connectivity index (χ1) is 7.72. The van der Waals surface area contributed by atoms with Crippen LogP contribution in [-0.2, 0) is 19.4 Å². The van der Waals surface area contributed by atoms with Crippen molar-refractivity contribution in [3.8, 4) is 0 Å². The van der Waals surface area contributed by atoms with Gasteiger partial charge in [0, 0.05) is 18.7 Å². The molecule has 16 heavy (non-hydrogen) atoms. The van der Waals surface area contributed by atoms with E-state index in [0.717, 1.165) is 25.2 Å². The van der Waals surface area contributed by atoms with E-state index in [-0.39, 0.29) is 5.84 Å². The Hall–Kier alpha value is -1.52. The lowest BCUT2D eigenvalue weighted by atomic mass is 10.0. The molecule has 1 aromatic rings. The van der Waals surface area contributed by atoms with E-state index in [4.69, 9.17) is 10.9 Å². The quantitative estimate of drug-likeness (QED) is 0.349. The molecule has 0 amide bonds. The molecular weight excluding hydrogens is 204 g/mol. The minimum atomic E-state index is 0.276. The lowest BCUT2D eigenvalue weighted by molar-refractivity contribution is 0.316. The molecule has 1 aliphatic rings. The van der Waals surface area contributed by atoms with Gasteiger partial charge in [-0.15, -0.1) is 0 Å². The van der Waals surface area contributed by atoms with Crippen molar-refractivity contribution in [1.82, 2.24) is 9.55 Å². The van der Waals surface area contributed by atoms with Crippen LogP contribution in [0, 0.1) is 6.92 Å². The molecule has 0 aromatic carbocycles. The van der Waals surface area contributed by atoms with Crippen LogP contribution in [0.25, 0.3) is 0 Å². The first kappa shape index (κ1) is 11.0. The molecule has 1 heterocycles. The van der Waals surface area contributed by atoms with Crippen LogP contribution in [0.4, 0.5) is 0 Å². The molecule has 0 saturated heterocycles. The molecule has 1 aliphatic carbocycles. The average molecular weight is 222 g/mol. The van der Waals surface area contributed by atoms with E-state index in [1.807, 2.05) is 6.92 Å². The topological polar surface area (TPSA) is 76.4 Å². The second-order valence-corrected chi connectivity index (χ2v) is 4.25. The Morgan fingerprint density at radius 2 is 2.25 bits per heavy atom. The van der Waals surface area contributed by atoms with Crippen LogP contribution in [0.5, 0.6) is 0 Å². The number of aryl methyl sites for hydroxylation is 2. The van der Waals surface area contributed by atoms with E-state index in [0.29, 0.717) is 6.42 Å². The highest BCUT2D eigenvalue weighted by Crippen LogP contribution is 2.22. The Morgan fingerprint density at radius 1 is 1.50 bits per heavy atom. The van der Waals surface area contributed by atoms with Crippen LogP contribution in [0.1, 0.15) is 36.5 Å². The van der Waals surface area contributed by atoms with E-state index in [2.05, 4.69) is 14.7 Å². The van der Waals surface area contributed by atoms with Gasteiger partial charge < -0.3 is 15.5 Å². The predicted molar refractivity (Wildman–Crippen MR) is 61.6 cm³/mol. The fourth-order valence-electron chi connectivity index (χ4n) is 2.31. The lowest BCUT2D eigenvalue weighted by Gasteiger charge is -2.14. The molecule has 0 unspecified atom stereocenters. The highest BCUT2D eigenvalue weighted by atomic mass is 16.4. The van der Waals surface area contributed by atoms with Crippen LogP contribution in [0.15, 0.2) is 5.16 Å². The summed E-state index contributed by atoms with van der Waals surface area (Å²) in [6.07, 6.45) is 5.24. The van der Waals surface area contributed by atoms with Crippen molar-refractivity contribution >= 4 is 5.84 Å². The van der Waals surface area contributed by atoms with E-state index in [9.17, 15) is 0 Å². The van der Waals surface area contributed by atoms with Crippen molar-refractivity contribution in [1.29, 1.82) is 0 Å². The summed E-state index contributed by atoms with van der Waals surface area (Å²) < 4.78 is 2.20. The predicted octanol–water partition coefficient (Wildman–Crippen LogP) is 1.21. The molecule has 0 fully saturated rings. The molecule has 0 aliphatic heterocycles. The van der Waals surface area contributed by atoms with Gasteiger partial charge in [0.15, 0.2) is 0 Å². The third kappa shape index (κ3) is 2.03. The summed E-state index contributed by atoms with van der Waals surface area (Å²) in [5.41, 5.74) is 8.06. The van der Waals surface area contributed by atoms with Gasteiger partial charge >= 0.3 is 0 Å². The first-order valence-corrected chi connectivity index (χ1v) is 5.73. The smallest absolute Gasteiger partial charge is 0.140 e. The number of nitrogens with two attached hydrogens (primary N) is 1. The van der Waals surface area contributed by atoms with Crippen LogP contribution in [-0.4, -0.2) is 20.6 Å². The van der Waals surface area contributed by atoms with E-state index in [1.165, 1.54) is 24.2 Å². The number of fused-ring (bicyclic) bond motifs is 1. The Morgan fingerprint density at radius 3 is 3.00 bits per heavy atom. The van der Waals surface area contributed by atoms with Crippen LogP contribution >= 0.6 is 0 Å². The molecule has 1 aromatic heterocycles. The van der Waals surface area contributed by atoms with Gasteiger partial charge in [0.2, 0.25) is 0 Å². The Labute approximate surface area is 95.0 Å². The fourth-order valence-corrected chi connectivity index (χ4v) is 2.31. The van der Waals surface area contributed by atoms with Gasteiger partial charge in [0.25, 0.3) is 0 Å². The SMILES string of the molecule is Cc1nc2c(n1CCC(N)=NO)CCCC2. The third-order valence-electron chi connectivity index (χ3n) is 3.14. The maximum absolute atomic E-state index is 8.51. The number of nitrogens with zero attached hydrogens (tertiary/aromatic N) is 3. The van der Waals surface area contributed by atoms with Crippen molar-refractivity contribution in [3.05, 3.63) is 17.2 Å². The molecule has 0 radical (unpaired) electrons. The number of hydrogen-bond donors (Lipinski definition) is 2. The molecule has 0 atom stereocenters. The largest absolute Gasteiger partial charge is 0.409 e. The summed E-state index contributed by atoms with van der Waals surface area (Å²) in [6.45, 7) is 2.77. The summed E-state index contributed by atoms with van der Waals surface area (Å²) in [6, 6.07) is 0. The molecule has 2 rings (SSSR count). The number of amidine groups is 1. The van der Waals surface area contributed by atoms with Gasteiger partial charge in [0.1, 0.15) is 11.7 Å². The highest BCUT2D eigenvalue weighted by molar-refractivity contribution is 5.79. The number of hydrogen-bond acceptors (Lipinski definition) is 3. The molecular formula is C11H18N4O. The van der Waals surface area contributed by atoms with Gasteiger partial charge in [-0.2, -0.15) is 0 Å². The van der Waals surface area contributed by atoms with E-state index >= 15 is 0 Å². The van der Waals surface area contributed by atoms with Gasteiger partial charge in [-0.25, -0.2) is 4.98 Å². The molecule has 5 heteroatoms. The van der Waals surface area contributed by atoms with Crippen LogP contribution in [0.3, 0.4) is 0 Å². The van der Waals surface area contributed by atoms with Crippen molar-refractivity contribution in [2.75, 3.05) is 0 Å². The van der Waals surface area contributed by atoms with E-state index < -0.39 is 0 Å². The zero-order valence-corrected chi connectivity index (χ0v) is 9.61. The standard InChI is InChI=1S/C11H18N4O/c1-8-13-9-4-2-3-5-10(9)15(8)7-6-11(12)14-16/h16H,2-7H2,1H3,(H2,12,14). The molecule has 88 valence electrons. The minimum absolute atomic E-state index is 0.276. The van der Waals surface area contributed by atoms with Crippen molar-refractivity contribution < 1.29 is 5.21 Å². The average Bonchev–Trinajstić information content (AvgIpc) is 2.62. The molecule has 3 N–H and O–H groups in total. The minimum Gasteiger partial charge on any atom is -0.409 e. The number of imidazole rings is 1. The second kappa shape index (κ2) is 4.55. The summed E-state index contributed by atoms with van der Waals surface area (Å²) in [4.78, 5) is 4.57. The first-order valence-electron chi connectivity index (χ1n) is 5.73. The van der Waals surface area contributed by atoms with Crippen molar-refractivity contribution in [2.24, 2.45) is 10.9 Å². The maximum Gasteiger partial charge on any atom is 0.140 e.